The minimum absolute atomic E-state index is 0.0864. The molecule has 2 heterocycles. The minimum atomic E-state index is -3.42. The lowest BCUT2D eigenvalue weighted by atomic mass is 10.2. The van der Waals surface area contributed by atoms with Crippen LogP contribution in [-0.2, 0) is 10.0 Å². The van der Waals surface area contributed by atoms with E-state index in [0.29, 0.717) is 26.2 Å². The highest BCUT2D eigenvalue weighted by Crippen LogP contribution is 2.18. The number of amides is 1. The summed E-state index contributed by atoms with van der Waals surface area (Å²) >= 11 is 0. The second kappa shape index (κ2) is 9.05. The van der Waals surface area contributed by atoms with Crippen molar-refractivity contribution in [1.29, 1.82) is 0 Å². The number of benzene rings is 1. The molecule has 0 saturated carbocycles. The van der Waals surface area contributed by atoms with Crippen molar-refractivity contribution in [2.24, 2.45) is 0 Å². The molecule has 1 aromatic heterocycles. The first-order valence-corrected chi connectivity index (χ1v) is 10.8. The Hall–Kier alpha value is -2.92. The van der Waals surface area contributed by atoms with E-state index in [9.17, 15) is 23.3 Å². The number of nitro groups is 1. The second-order valence-corrected chi connectivity index (χ2v) is 8.63. The number of furan rings is 1. The third-order valence-electron chi connectivity index (χ3n) is 4.61. The fraction of sp³-hybridized carbons (Fsp3) is 0.389. The average Bonchev–Trinajstić information content (AvgIpc) is 3.23. The van der Waals surface area contributed by atoms with Gasteiger partial charge in [0.2, 0.25) is 10.0 Å². The highest BCUT2D eigenvalue weighted by atomic mass is 32.2. The summed E-state index contributed by atoms with van der Waals surface area (Å²) in [4.78, 5) is 23.9. The van der Waals surface area contributed by atoms with Crippen molar-refractivity contribution in [2.75, 3.05) is 43.4 Å². The highest BCUT2D eigenvalue weighted by Gasteiger charge is 2.26. The first-order chi connectivity index (χ1) is 13.9. The van der Waals surface area contributed by atoms with Crippen molar-refractivity contribution >= 4 is 27.5 Å². The van der Waals surface area contributed by atoms with E-state index in [1.54, 1.807) is 0 Å². The van der Waals surface area contributed by atoms with E-state index in [4.69, 9.17) is 4.42 Å². The van der Waals surface area contributed by atoms with E-state index in [1.165, 1.54) is 10.4 Å². The zero-order valence-corrected chi connectivity index (χ0v) is 16.5. The molecule has 1 N–H and O–H groups in total. The quantitative estimate of drug-likeness (QED) is 0.388. The van der Waals surface area contributed by atoms with Gasteiger partial charge in [-0.2, -0.15) is 4.31 Å². The molecule has 0 aliphatic carbocycles. The van der Waals surface area contributed by atoms with Gasteiger partial charge < -0.3 is 14.6 Å². The lowest BCUT2D eigenvalue weighted by molar-refractivity contribution is -0.402. The van der Waals surface area contributed by atoms with E-state index in [2.05, 4.69) is 10.2 Å². The van der Waals surface area contributed by atoms with Crippen LogP contribution < -0.4 is 10.2 Å². The van der Waals surface area contributed by atoms with Gasteiger partial charge in [0, 0.05) is 38.4 Å². The first kappa shape index (κ1) is 20.8. The average molecular weight is 422 g/mol. The Balaban J connectivity index is 1.42. The van der Waals surface area contributed by atoms with Crippen LogP contribution >= 0.6 is 0 Å². The standard InChI is InChI=1S/C18H22N4O6S/c23-18(16-7-8-17(28-16)22(24)25)19-9-4-14-29(26,27)21-12-10-20(11-13-21)15-5-2-1-3-6-15/h1-3,5-8H,4,9-14H2,(H,19,23). The SMILES string of the molecule is O=C(NCCCS(=O)(=O)N1CCN(c2ccccc2)CC1)c1ccc([N+](=O)[O-])o1. The van der Waals surface area contributed by atoms with Gasteiger partial charge in [-0.15, -0.1) is 0 Å². The maximum Gasteiger partial charge on any atom is 0.433 e. The number of para-hydroxylation sites is 1. The van der Waals surface area contributed by atoms with Gasteiger partial charge in [0.1, 0.15) is 4.92 Å². The number of carbonyl (C=O) groups excluding carboxylic acids is 1. The Kier molecular flexibility index (Phi) is 6.49. The second-order valence-electron chi connectivity index (χ2n) is 6.54. The number of rotatable bonds is 8. The normalized spacial score (nSPS) is 15.2. The van der Waals surface area contributed by atoms with Crippen molar-refractivity contribution in [2.45, 2.75) is 6.42 Å². The summed E-state index contributed by atoms with van der Waals surface area (Å²) in [5.74, 6) is -1.41. The molecule has 11 heteroatoms. The van der Waals surface area contributed by atoms with Gasteiger partial charge in [-0.1, -0.05) is 18.2 Å². The zero-order chi connectivity index (χ0) is 20.9. The van der Waals surface area contributed by atoms with Gasteiger partial charge in [0.15, 0.2) is 5.76 Å². The molecule has 1 amide bonds. The number of nitrogens with one attached hydrogen (secondary N) is 1. The van der Waals surface area contributed by atoms with E-state index < -0.39 is 26.7 Å². The molecular formula is C18H22N4O6S. The predicted octanol–water partition coefficient (Wildman–Crippen LogP) is 1.46. The van der Waals surface area contributed by atoms with E-state index in [1.807, 2.05) is 30.3 Å². The van der Waals surface area contributed by atoms with Gasteiger partial charge in [-0.25, -0.2) is 8.42 Å². The molecule has 1 fully saturated rings. The summed E-state index contributed by atoms with van der Waals surface area (Å²) in [7, 11) is -3.42. The molecule has 0 radical (unpaired) electrons. The van der Waals surface area contributed by atoms with Crippen LogP contribution in [0.15, 0.2) is 46.9 Å². The largest absolute Gasteiger partial charge is 0.433 e. The van der Waals surface area contributed by atoms with Crippen LogP contribution in [0, 0.1) is 10.1 Å². The Labute approximate surface area is 168 Å². The lowest BCUT2D eigenvalue weighted by Crippen LogP contribution is -2.49. The molecule has 29 heavy (non-hydrogen) atoms. The molecule has 0 atom stereocenters. The maximum absolute atomic E-state index is 12.5. The molecule has 3 rings (SSSR count). The molecule has 10 nitrogen and oxygen atoms in total. The van der Waals surface area contributed by atoms with Crippen LogP contribution in [0.3, 0.4) is 0 Å². The predicted molar refractivity (Wildman–Crippen MR) is 106 cm³/mol. The fourth-order valence-electron chi connectivity index (χ4n) is 3.08. The van der Waals surface area contributed by atoms with Crippen LogP contribution in [0.25, 0.3) is 0 Å². The van der Waals surface area contributed by atoms with Crippen LogP contribution in [0.4, 0.5) is 11.6 Å². The third kappa shape index (κ3) is 5.33. The molecule has 2 aromatic rings. The Bertz CT molecular complexity index is 952. The van der Waals surface area contributed by atoms with Crippen LogP contribution in [0.5, 0.6) is 0 Å². The van der Waals surface area contributed by atoms with E-state index >= 15 is 0 Å². The molecule has 1 aromatic carbocycles. The molecular weight excluding hydrogens is 400 g/mol. The van der Waals surface area contributed by atoms with Crippen molar-refractivity contribution < 1.29 is 22.6 Å². The summed E-state index contributed by atoms with van der Waals surface area (Å²) in [5, 5.41) is 13.1. The van der Waals surface area contributed by atoms with Crippen molar-refractivity contribution in [3.8, 4) is 0 Å². The molecule has 1 aliphatic rings. The third-order valence-corrected chi connectivity index (χ3v) is 6.57. The number of sulfonamides is 1. The highest BCUT2D eigenvalue weighted by molar-refractivity contribution is 7.89. The van der Waals surface area contributed by atoms with Gasteiger partial charge in [-0.05, 0) is 24.6 Å². The van der Waals surface area contributed by atoms with Gasteiger partial charge in [0.25, 0.3) is 5.91 Å². The monoisotopic (exact) mass is 422 g/mol. The molecule has 1 aliphatic heterocycles. The van der Waals surface area contributed by atoms with E-state index in [0.717, 1.165) is 11.8 Å². The number of piperazine rings is 1. The zero-order valence-electron chi connectivity index (χ0n) is 15.7. The topological polar surface area (TPSA) is 126 Å². The van der Waals surface area contributed by atoms with Gasteiger partial charge >= 0.3 is 5.88 Å². The molecule has 0 unspecified atom stereocenters. The number of hydrogen-bond donors (Lipinski definition) is 1. The van der Waals surface area contributed by atoms with Crippen LogP contribution in [-0.4, -0.2) is 62.0 Å². The Morgan fingerprint density at radius 3 is 2.41 bits per heavy atom. The molecule has 1 saturated heterocycles. The Morgan fingerprint density at radius 2 is 1.79 bits per heavy atom. The van der Waals surface area contributed by atoms with E-state index in [-0.39, 0.29) is 24.5 Å². The van der Waals surface area contributed by atoms with Crippen molar-refractivity contribution in [3.05, 3.63) is 58.3 Å². The minimum Gasteiger partial charge on any atom is -0.395 e. The lowest BCUT2D eigenvalue weighted by Gasteiger charge is -2.35. The fourth-order valence-corrected chi connectivity index (χ4v) is 4.57. The summed E-state index contributed by atoms with van der Waals surface area (Å²) in [6.45, 7) is 2.20. The number of nitrogens with zero attached hydrogens (tertiary/aromatic N) is 3. The molecule has 0 bridgehead atoms. The number of anilines is 1. The summed E-state index contributed by atoms with van der Waals surface area (Å²) in [6, 6.07) is 12.1. The molecule has 0 spiro atoms. The molecule has 156 valence electrons. The first-order valence-electron chi connectivity index (χ1n) is 9.17. The Morgan fingerprint density at radius 1 is 1.10 bits per heavy atom. The number of carbonyl (C=O) groups is 1. The number of hydrogen-bond acceptors (Lipinski definition) is 7. The van der Waals surface area contributed by atoms with Crippen LogP contribution in [0.1, 0.15) is 17.0 Å². The van der Waals surface area contributed by atoms with Gasteiger partial charge in [-0.3, -0.25) is 14.9 Å². The smallest absolute Gasteiger partial charge is 0.395 e. The van der Waals surface area contributed by atoms with Crippen LogP contribution in [0.2, 0.25) is 0 Å². The summed E-state index contributed by atoms with van der Waals surface area (Å²) in [6.07, 6.45) is 0.232. The maximum atomic E-state index is 12.5. The van der Waals surface area contributed by atoms with Crippen molar-refractivity contribution in [1.82, 2.24) is 9.62 Å². The summed E-state index contributed by atoms with van der Waals surface area (Å²) in [5.41, 5.74) is 1.07. The van der Waals surface area contributed by atoms with Gasteiger partial charge in [0.05, 0.1) is 11.8 Å². The van der Waals surface area contributed by atoms with Crippen molar-refractivity contribution in [3.63, 3.8) is 0 Å². The summed E-state index contributed by atoms with van der Waals surface area (Å²) < 4.78 is 31.3.